The van der Waals surface area contributed by atoms with Crippen molar-refractivity contribution in [2.45, 2.75) is 24.8 Å². The molecule has 2 N–H and O–H groups in total. The standard InChI is InChI=1S/C12H16N4O2/c13-15-14-6-10-12(18)11(17)8-16(10)7-9-4-2-1-3-5-9/h1-5,10-12,17-18H,6-8H2/t10-,11-,12+/m0/s1. The molecule has 18 heavy (non-hydrogen) atoms. The maximum absolute atomic E-state index is 9.86. The van der Waals surface area contributed by atoms with Gasteiger partial charge in [0.1, 0.15) is 0 Å². The Balaban J connectivity index is 2.08. The van der Waals surface area contributed by atoms with Crippen molar-refractivity contribution < 1.29 is 10.2 Å². The molecule has 6 nitrogen and oxygen atoms in total. The molecule has 1 aliphatic rings. The zero-order valence-corrected chi connectivity index (χ0v) is 9.92. The van der Waals surface area contributed by atoms with Gasteiger partial charge >= 0.3 is 0 Å². The number of likely N-dealkylation sites (tertiary alicyclic amines) is 1. The van der Waals surface area contributed by atoms with E-state index >= 15 is 0 Å². The van der Waals surface area contributed by atoms with Gasteiger partial charge in [-0.15, -0.1) is 0 Å². The van der Waals surface area contributed by atoms with Crippen molar-refractivity contribution in [3.63, 3.8) is 0 Å². The van der Waals surface area contributed by atoms with E-state index in [2.05, 4.69) is 10.0 Å². The van der Waals surface area contributed by atoms with Crippen LogP contribution in [-0.2, 0) is 6.54 Å². The van der Waals surface area contributed by atoms with Crippen LogP contribution in [0.15, 0.2) is 35.4 Å². The molecule has 96 valence electrons. The Bertz CT molecular complexity index is 433. The number of azide groups is 1. The minimum absolute atomic E-state index is 0.168. The molecule has 1 aliphatic heterocycles. The summed E-state index contributed by atoms with van der Waals surface area (Å²) in [5.74, 6) is 0. The van der Waals surface area contributed by atoms with Crippen LogP contribution in [-0.4, -0.2) is 46.5 Å². The molecule has 0 aromatic heterocycles. The Kier molecular flexibility index (Phi) is 4.17. The van der Waals surface area contributed by atoms with Gasteiger partial charge < -0.3 is 10.2 Å². The highest BCUT2D eigenvalue weighted by Gasteiger charge is 2.38. The monoisotopic (exact) mass is 248 g/mol. The van der Waals surface area contributed by atoms with Crippen molar-refractivity contribution in [3.8, 4) is 0 Å². The zero-order chi connectivity index (χ0) is 13.0. The number of β-amino-alcohol motifs (C(OH)–C–C–N with tert-alkyl or cyclic N) is 1. The van der Waals surface area contributed by atoms with Gasteiger partial charge in [-0.2, -0.15) is 0 Å². The molecule has 1 fully saturated rings. The Morgan fingerprint density at radius 3 is 2.72 bits per heavy atom. The van der Waals surface area contributed by atoms with Gasteiger partial charge in [-0.25, -0.2) is 0 Å². The summed E-state index contributed by atoms with van der Waals surface area (Å²) in [7, 11) is 0. The van der Waals surface area contributed by atoms with Crippen molar-refractivity contribution in [2.24, 2.45) is 5.11 Å². The second-order valence-corrected chi connectivity index (χ2v) is 4.45. The van der Waals surface area contributed by atoms with Crippen LogP contribution in [0.3, 0.4) is 0 Å². The highest BCUT2D eigenvalue weighted by Crippen LogP contribution is 2.21. The molecule has 1 aromatic rings. The maximum atomic E-state index is 9.86. The van der Waals surface area contributed by atoms with Crippen molar-refractivity contribution in [2.75, 3.05) is 13.1 Å². The second kappa shape index (κ2) is 5.84. The van der Waals surface area contributed by atoms with E-state index in [0.717, 1.165) is 5.56 Å². The fourth-order valence-corrected chi connectivity index (χ4v) is 2.30. The molecule has 1 heterocycles. The van der Waals surface area contributed by atoms with E-state index in [-0.39, 0.29) is 12.6 Å². The predicted molar refractivity (Wildman–Crippen MR) is 66.7 cm³/mol. The van der Waals surface area contributed by atoms with Gasteiger partial charge in [0.15, 0.2) is 0 Å². The number of nitrogens with zero attached hydrogens (tertiary/aromatic N) is 4. The fourth-order valence-electron chi connectivity index (χ4n) is 2.30. The first kappa shape index (κ1) is 12.9. The Hall–Kier alpha value is -1.59. The van der Waals surface area contributed by atoms with E-state index in [9.17, 15) is 10.2 Å². The largest absolute Gasteiger partial charge is 0.389 e. The van der Waals surface area contributed by atoms with E-state index in [1.807, 2.05) is 35.2 Å². The summed E-state index contributed by atoms with van der Waals surface area (Å²) in [6.45, 7) is 1.18. The molecule has 6 heteroatoms. The molecule has 2 rings (SSSR count). The molecule has 0 amide bonds. The van der Waals surface area contributed by atoms with Gasteiger partial charge in [-0.05, 0) is 11.1 Å². The minimum atomic E-state index is -0.862. The first-order valence-corrected chi connectivity index (χ1v) is 5.87. The van der Waals surface area contributed by atoms with E-state index in [1.54, 1.807) is 0 Å². The number of hydrogen-bond acceptors (Lipinski definition) is 4. The molecule has 0 aliphatic carbocycles. The third-order valence-corrected chi connectivity index (χ3v) is 3.24. The summed E-state index contributed by atoms with van der Waals surface area (Å²) in [6.07, 6.45) is -1.65. The van der Waals surface area contributed by atoms with Crippen LogP contribution in [0.2, 0.25) is 0 Å². The summed E-state index contributed by atoms with van der Waals surface area (Å²) in [5, 5.41) is 23.0. The highest BCUT2D eigenvalue weighted by atomic mass is 16.3. The van der Waals surface area contributed by atoms with Gasteiger partial charge in [-0.3, -0.25) is 4.90 Å². The van der Waals surface area contributed by atoms with Crippen LogP contribution in [0.1, 0.15) is 5.56 Å². The molecule has 0 spiro atoms. The lowest BCUT2D eigenvalue weighted by Crippen LogP contribution is -2.38. The van der Waals surface area contributed by atoms with Crippen LogP contribution in [0, 0.1) is 0 Å². The lowest BCUT2D eigenvalue weighted by Gasteiger charge is -2.24. The summed E-state index contributed by atoms with van der Waals surface area (Å²) in [4.78, 5) is 4.65. The summed E-state index contributed by atoms with van der Waals surface area (Å²) < 4.78 is 0. The molecular weight excluding hydrogens is 232 g/mol. The lowest BCUT2D eigenvalue weighted by atomic mass is 10.1. The van der Waals surface area contributed by atoms with Gasteiger partial charge in [0.25, 0.3) is 0 Å². The number of benzene rings is 1. The number of aliphatic hydroxyl groups excluding tert-OH is 2. The van der Waals surface area contributed by atoms with Gasteiger partial charge in [-0.1, -0.05) is 35.4 Å². The molecule has 0 bridgehead atoms. The summed E-state index contributed by atoms with van der Waals surface area (Å²) in [5.41, 5.74) is 9.45. The Morgan fingerprint density at radius 2 is 2.06 bits per heavy atom. The smallest absolute Gasteiger partial charge is 0.0967 e. The number of hydrogen-bond donors (Lipinski definition) is 2. The molecule has 0 saturated carbocycles. The van der Waals surface area contributed by atoms with E-state index in [0.29, 0.717) is 13.1 Å². The van der Waals surface area contributed by atoms with Crippen molar-refractivity contribution in [1.29, 1.82) is 0 Å². The van der Waals surface area contributed by atoms with E-state index < -0.39 is 12.2 Å². The van der Waals surface area contributed by atoms with E-state index in [1.165, 1.54) is 0 Å². The fraction of sp³-hybridized carbons (Fsp3) is 0.500. The van der Waals surface area contributed by atoms with Crippen LogP contribution in [0.4, 0.5) is 0 Å². The van der Waals surface area contributed by atoms with Crippen LogP contribution >= 0.6 is 0 Å². The minimum Gasteiger partial charge on any atom is -0.389 e. The van der Waals surface area contributed by atoms with Crippen molar-refractivity contribution >= 4 is 0 Å². The second-order valence-electron chi connectivity index (χ2n) is 4.45. The quantitative estimate of drug-likeness (QED) is 0.471. The van der Waals surface area contributed by atoms with Crippen LogP contribution in [0.25, 0.3) is 10.4 Å². The predicted octanol–water partition coefficient (Wildman–Crippen LogP) is 0.903. The maximum Gasteiger partial charge on any atom is 0.0967 e. The Morgan fingerprint density at radius 1 is 1.33 bits per heavy atom. The average Bonchev–Trinajstić information content (AvgIpc) is 2.64. The first-order valence-electron chi connectivity index (χ1n) is 5.87. The molecular formula is C12H16N4O2. The number of aliphatic hydroxyl groups is 2. The normalized spacial score (nSPS) is 28.0. The van der Waals surface area contributed by atoms with E-state index in [4.69, 9.17) is 5.53 Å². The van der Waals surface area contributed by atoms with Gasteiger partial charge in [0, 0.05) is 30.6 Å². The van der Waals surface area contributed by atoms with Crippen molar-refractivity contribution in [1.82, 2.24) is 4.90 Å². The third-order valence-electron chi connectivity index (χ3n) is 3.24. The SMILES string of the molecule is [N-]=[N+]=NC[C@H]1[C@@H](O)[C@@H](O)CN1Cc1ccccc1. The van der Waals surface area contributed by atoms with Crippen molar-refractivity contribution in [3.05, 3.63) is 46.3 Å². The first-order chi connectivity index (χ1) is 8.72. The average molecular weight is 248 g/mol. The topological polar surface area (TPSA) is 92.5 Å². The number of rotatable bonds is 4. The van der Waals surface area contributed by atoms with Gasteiger partial charge in [0.05, 0.1) is 12.2 Å². The highest BCUT2D eigenvalue weighted by molar-refractivity contribution is 5.15. The third kappa shape index (κ3) is 2.80. The molecule has 1 saturated heterocycles. The summed E-state index contributed by atoms with van der Waals surface area (Å²) >= 11 is 0. The molecule has 0 unspecified atom stereocenters. The molecule has 1 aromatic carbocycles. The van der Waals surface area contributed by atoms with Crippen LogP contribution in [0.5, 0.6) is 0 Å². The lowest BCUT2D eigenvalue weighted by molar-refractivity contribution is 0.0392. The zero-order valence-electron chi connectivity index (χ0n) is 9.92. The van der Waals surface area contributed by atoms with Gasteiger partial charge in [0.2, 0.25) is 0 Å². The Labute approximate surface area is 105 Å². The van der Waals surface area contributed by atoms with Crippen LogP contribution < -0.4 is 0 Å². The summed E-state index contributed by atoms with van der Waals surface area (Å²) in [6, 6.07) is 9.48. The molecule has 0 radical (unpaired) electrons. The molecule has 3 atom stereocenters.